The SMILES string of the molecule is COc1ccccc1C1/C(=C(\O)c2ccc3ccccc3c2)C(=O)C(=O)N1c1ccc(C)cc1C. The molecule has 4 aromatic carbocycles. The quantitative estimate of drug-likeness (QED) is 0.226. The summed E-state index contributed by atoms with van der Waals surface area (Å²) in [5.41, 5.74) is 3.66. The van der Waals surface area contributed by atoms with Crippen molar-refractivity contribution < 1.29 is 19.4 Å². The molecule has 5 nitrogen and oxygen atoms in total. The first-order valence-corrected chi connectivity index (χ1v) is 11.4. The highest BCUT2D eigenvalue weighted by atomic mass is 16.5. The molecule has 1 N–H and O–H groups in total. The first kappa shape index (κ1) is 22.4. The number of aliphatic hydroxyl groups is 1. The zero-order valence-electron chi connectivity index (χ0n) is 19.8. The zero-order valence-corrected chi connectivity index (χ0v) is 19.8. The average molecular weight is 464 g/mol. The largest absolute Gasteiger partial charge is 0.507 e. The normalized spacial score (nSPS) is 17.2. The van der Waals surface area contributed by atoms with Gasteiger partial charge in [0.15, 0.2) is 0 Å². The van der Waals surface area contributed by atoms with Crippen molar-refractivity contribution in [2.75, 3.05) is 12.0 Å². The number of ketones is 1. The third-order valence-corrected chi connectivity index (χ3v) is 6.51. The van der Waals surface area contributed by atoms with Crippen LogP contribution in [-0.2, 0) is 9.59 Å². The van der Waals surface area contributed by atoms with Crippen LogP contribution < -0.4 is 9.64 Å². The highest BCUT2D eigenvalue weighted by Gasteiger charge is 2.48. The van der Waals surface area contributed by atoms with E-state index in [1.54, 1.807) is 19.2 Å². The number of aliphatic hydroxyl groups excluding tert-OH is 1. The molecule has 5 heteroatoms. The molecule has 0 spiro atoms. The molecule has 5 rings (SSSR count). The van der Waals surface area contributed by atoms with E-state index in [4.69, 9.17) is 4.74 Å². The van der Waals surface area contributed by atoms with Gasteiger partial charge in [-0.15, -0.1) is 0 Å². The second kappa shape index (κ2) is 8.76. The lowest BCUT2D eigenvalue weighted by atomic mass is 9.93. The first-order valence-electron chi connectivity index (χ1n) is 11.4. The summed E-state index contributed by atoms with van der Waals surface area (Å²) in [7, 11) is 1.55. The van der Waals surface area contributed by atoms with Gasteiger partial charge in [0.2, 0.25) is 0 Å². The van der Waals surface area contributed by atoms with Gasteiger partial charge in [0, 0.05) is 16.8 Å². The van der Waals surface area contributed by atoms with E-state index < -0.39 is 17.7 Å². The molecule has 0 aromatic heterocycles. The highest BCUT2D eigenvalue weighted by molar-refractivity contribution is 6.51. The van der Waals surface area contributed by atoms with Crippen LogP contribution in [0.25, 0.3) is 16.5 Å². The zero-order chi connectivity index (χ0) is 24.7. The lowest BCUT2D eigenvalue weighted by molar-refractivity contribution is -0.132. The van der Waals surface area contributed by atoms with Crippen molar-refractivity contribution in [2.24, 2.45) is 0 Å². The Balaban J connectivity index is 1.77. The second-order valence-electron chi connectivity index (χ2n) is 8.76. The van der Waals surface area contributed by atoms with E-state index in [-0.39, 0.29) is 11.3 Å². The minimum absolute atomic E-state index is 0.0368. The molecule has 1 heterocycles. The molecule has 0 saturated carbocycles. The number of Topliss-reactive ketones (excluding diaryl/α,β-unsaturated/α-hetero) is 1. The van der Waals surface area contributed by atoms with Gasteiger partial charge in [-0.3, -0.25) is 14.5 Å². The predicted octanol–water partition coefficient (Wildman–Crippen LogP) is 6.09. The van der Waals surface area contributed by atoms with Crippen LogP contribution in [-0.4, -0.2) is 23.9 Å². The summed E-state index contributed by atoms with van der Waals surface area (Å²) in [6, 6.07) is 25.4. The van der Waals surface area contributed by atoms with Gasteiger partial charge >= 0.3 is 0 Å². The van der Waals surface area contributed by atoms with Gasteiger partial charge in [-0.05, 0) is 48.4 Å². The minimum atomic E-state index is -0.848. The van der Waals surface area contributed by atoms with Crippen LogP contribution in [0.2, 0.25) is 0 Å². The standard InChI is InChI=1S/C30H25NO4/c1-18-12-15-24(19(2)16-18)31-27(23-10-6-7-11-25(23)35-3)26(29(33)30(31)34)28(32)22-14-13-20-8-4-5-9-21(20)17-22/h4-17,27,32H,1-3H3/b28-26+. The number of benzene rings is 4. The predicted molar refractivity (Wildman–Crippen MR) is 138 cm³/mol. The van der Waals surface area contributed by atoms with Crippen molar-refractivity contribution in [1.82, 2.24) is 0 Å². The summed E-state index contributed by atoms with van der Waals surface area (Å²) in [6.45, 7) is 3.88. The Morgan fingerprint density at radius 1 is 0.857 bits per heavy atom. The number of carbonyl (C=O) groups is 2. The molecule has 1 fully saturated rings. The van der Waals surface area contributed by atoms with Crippen LogP contribution in [0.15, 0.2) is 90.5 Å². The maximum Gasteiger partial charge on any atom is 0.300 e. The number of ether oxygens (including phenoxy) is 1. The van der Waals surface area contributed by atoms with E-state index in [1.165, 1.54) is 4.90 Å². The van der Waals surface area contributed by atoms with Gasteiger partial charge in [0.25, 0.3) is 11.7 Å². The van der Waals surface area contributed by atoms with Gasteiger partial charge in [-0.25, -0.2) is 0 Å². The van der Waals surface area contributed by atoms with Gasteiger partial charge in [-0.2, -0.15) is 0 Å². The molecule has 1 saturated heterocycles. The van der Waals surface area contributed by atoms with Crippen molar-refractivity contribution >= 4 is 33.9 Å². The molecule has 0 radical (unpaired) electrons. The lowest BCUT2D eigenvalue weighted by Crippen LogP contribution is -2.30. The topological polar surface area (TPSA) is 66.8 Å². The van der Waals surface area contributed by atoms with E-state index in [0.29, 0.717) is 22.6 Å². The van der Waals surface area contributed by atoms with Crippen LogP contribution in [0.4, 0.5) is 5.69 Å². The van der Waals surface area contributed by atoms with E-state index in [9.17, 15) is 14.7 Å². The first-order chi connectivity index (χ1) is 16.9. The number of carbonyl (C=O) groups excluding carboxylic acids is 2. The fraction of sp³-hybridized carbons (Fsp3) is 0.133. The molecule has 1 aliphatic heterocycles. The third kappa shape index (κ3) is 3.75. The van der Waals surface area contributed by atoms with E-state index in [1.807, 2.05) is 86.6 Å². The molecule has 1 unspecified atom stereocenters. The summed E-state index contributed by atoms with van der Waals surface area (Å²) >= 11 is 0. The van der Waals surface area contributed by atoms with Crippen molar-refractivity contribution in [3.63, 3.8) is 0 Å². The van der Waals surface area contributed by atoms with Gasteiger partial charge in [0.1, 0.15) is 11.5 Å². The Hall–Kier alpha value is -4.38. The Morgan fingerprint density at radius 3 is 2.31 bits per heavy atom. The molecule has 35 heavy (non-hydrogen) atoms. The number of hydrogen-bond acceptors (Lipinski definition) is 4. The third-order valence-electron chi connectivity index (χ3n) is 6.51. The molecule has 1 aliphatic rings. The summed E-state index contributed by atoms with van der Waals surface area (Å²) in [4.78, 5) is 28.4. The number of nitrogens with zero attached hydrogens (tertiary/aromatic N) is 1. The molecule has 1 atom stereocenters. The molecule has 4 aromatic rings. The Kier molecular flexibility index (Phi) is 5.61. The maximum atomic E-state index is 13.5. The minimum Gasteiger partial charge on any atom is -0.507 e. The van der Waals surface area contributed by atoms with Crippen LogP contribution >= 0.6 is 0 Å². The van der Waals surface area contributed by atoms with Crippen molar-refractivity contribution in [2.45, 2.75) is 19.9 Å². The number of hydrogen-bond donors (Lipinski definition) is 1. The Bertz CT molecular complexity index is 1520. The number of amides is 1. The summed E-state index contributed by atoms with van der Waals surface area (Å²) in [5.74, 6) is -1.10. The molecular weight excluding hydrogens is 438 g/mol. The van der Waals surface area contributed by atoms with E-state index >= 15 is 0 Å². The van der Waals surface area contributed by atoms with Gasteiger partial charge < -0.3 is 9.84 Å². The van der Waals surface area contributed by atoms with Gasteiger partial charge in [-0.1, -0.05) is 72.3 Å². The number of rotatable bonds is 4. The van der Waals surface area contributed by atoms with E-state index in [2.05, 4.69) is 0 Å². The number of fused-ring (bicyclic) bond motifs is 1. The monoisotopic (exact) mass is 463 g/mol. The molecule has 1 amide bonds. The number of methoxy groups -OCH3 is 1. The smallest absolute Gasteiger partial charge is 0.300 e. The van der Waals surface area contributed by atoms with Crippen molar-refractivity contribution in [3.8, 4) is 5.75 Å². The molecule has 0 aliphatic carbocycles. The maximum absolute atomic E-state index is 13.5. The summed E-state index contributed by atoms with van der Waals surface area (Å²) < 4.78 is 5.60. The molecule has 0 bridgehead atoms. The second-order valence-corrected chi connectivity index (χ2v) is 8.76. The van der Waals surface area contributed by atoms with Crippen LogP contribution in [0.1, 0.15) is 28.3 Å². The van der Waals surface area contributed by atoms with Crippen LogP contribution in [0.5, 0.6) is 5.75 Å². The van der Waals surface area contributed by atoms with Crippen LogP contribution in [0, 0.1) is 13.8 Å². The summed E-state index contributed by atoms with van der Waals surface area (Å²) in [5, 5.41) is 13.4. The molecular formula is C30H25NO4. The Morgan fingerprint density at radius 2 is 1.57 bits per heavy atom. The molecule has 174 valence electrons. The fourth-order valence-electron chi connectivity index (χ4n) is 4.84. The van der Waals surface area contributed by atoms with E-state index in [0.717, 1.165) is 21.9 Å². The number of para-hydroxylation sites is 1. The summed E-state index contributed by atoms with van der Waals surface area (Å²) in [6.07, 6.45) is 0. The lowest BCUT2D eigenvalue weighted by Gasteiger charge is -2.28. The van der Waals surface area contributed by atoms with Gasteiger partial charge in [0.05, 0.1) is 18.7 Å². The fourth-order valence-corrected chi connectivity index (χ4v) is 4.84. The number of anilines is 1. The van der Waals surface area contributed by atoms with Crippen LogP contribution in [0.3, 0.4) is 0 Å². The van der Waals surface area contributed by atoms with Crippen molar-refractivity contribution in [3.05, 3.63) is 113 Å². The number of aryl methyl sites for hydroxylation is 2. The highest BCUT2D eigenvalue weighted by Crippen LogP contribution is 2.45. The van der Waals surface area contributed by atoms with Crippen molar-refractivity contribution in [1.29, 1.82) is 0 Å². The Labute approximate surface area is 203 Å². The average Bonchev–Trinajstić information content (AvgIpc) is 3.13.